The van der Waals surface area contributed by atoms with Crippen LogP contribution in [0.2, 0.25) is 0 Å². The molecule has 0 fully saturated rings. The van der Waals surface area contributed by atoms with Crippen molar-refractivity contribution in [2.45, 2.75) is 31.5 Å². The van der Waals surface area contributed by atoms with E-state index < -0.39 is 60.8 Å². The molecule has 0 aliphatic rings. The molecule has 0 aliphatic carbocycles. The lowest BCUT2D eigenvalue weighted by molar-refractivity contribution is -0.142. The van der Waals surface area contributed by atoms with Crippen LogP contribution in [0.25, 0.3) is 0 Å². The predicted octanol–water partition coefficient (Wildman–Crippen LogP) is -3.09. The number of thiol groups is 1. The first-order valence-corrected chi connectivity index (χ1v) is 7.41. The van der Waals surface area contributed by atoms with Crippen LogP contribution in [0.1, 0.15) is 13.3 Å². The summed E-state index contributed by atoms with van der Waals surface area (Å²) in [5.41, 5.74) is 5.08. The van der Waals surface area contributed by atoms with Gasteiger partial charge in [-0.1, -0.05) is 0 Å². The van der Waals surface area contributed by atoms with Gasteiger partial charge in [0.1, 0.15) is 18.1 Å². The molecule has 0 aromatic heterocycles. The van der Waals surface area contributed by atoms with E-state index in [0.29, 0.717) is 0 Å². The normalized spacial score (nSPS) is 14.0. The molecule has 136 valence electrons. The van der Waals surface area contributed by atoms with Gasteiger partial charge in [-0.25, -0.2) is 4.79 Å². The second-order valence-corrected chi connectivity index (χ2v) is 5.10. The highest BCUT2D eigenvalue weighted by Crippen LogP contribution is 1.96. The highest BCUT2D eigenvalue weighted by atomic mass is 32.1. The maximum Gasteiger partial charge on any atom is 0.327 e. The lowest BCUT2D eigenvalue weighted by Gasteiger charge is -2.21. The molecule has 0 saturated heterocycles. The molecule has 24 heavy (non-hydrogen) atoms. The summed E-state index contributed by atoms with van der Waals surface area (Å²) in [7, 11) is 0. The zero-order chi connectivity index (χ0) is 18.9. The van der Waals surface area contributed by atoms with Crippen molar-refractivity contribution >= 4 is 42.3 Å². The monoisotopic (exact) mass is 364 g/mol. The van der Waals surface area contributed by atoms with E-state index in [0.717, 1.165) is 0 Å². The summed E-state index contributed by atoms with van der Waals surface area (Å²) in [6, 6.07) is -3.83. The Balaban J connectivity index is 4.82. The smallest absolute Gasteiger partial charge is 0.327 e. The summed E-state index contributed by atoms with van der Waals surface area (Å²) in [5, 5.41) is 24.0. The van der Waals surface area contributed by atoms with Gasteiger partial charge in [-0.3, -0.25) is 19.2 Å². The maximum absolute atomic E-state index is 12.0. The van der Waals surface area contributed by atoms with Gasteiger partial charge in [-0.2, -0.15) is 12.6 Å². The van der Waals surface area contributed by atoms with Crippen molar-refractivity contribution in [3.8, 4) is 0 Å². The lowest BCUT2D eigenvalue weighted by atomic mass is 10.1. The fourth-order valence-electron chi connectivity index (χ4n) is 1.50. The van der Waals surface area contributed by atoms with E-state index in [9.17, 15) is 24.0 Å². The van der Waals surface area contributed by atoms with Crippen LogP contribution in [0.5, 0.6) is 0 Å². The first-order chi connectivity index (χ1) is 11.1. The number of carbonyl (C=O) groups excluding carboxylic acids is 3. The fourth-order valence-corrected chi connectivity index (χ4v) is 1.75. The van der Waals surface area contributed by atoms with E-state index in [1.54, 1.807) is 0 Å². The van der Waals surface area contributed by atoms with E-state index in [1.807, 2.05) is 0 Å². The van der Waals surface area contributed by atoms with Crippen molar-refractivity contribution in [3.05, 3.63) is 0 Å². The molecular weight excluding hydrogens is 344 g/mol. The molecule has 3 unspecified atom stereocenters. The average Bonchev–Trinajstić information content (AvgIpc) is 2.50. The third kappa shape index (κ3) is 7.78. The van der Waals surface area contributed by atoms with Gasteiger partial charge in [0.05, 0.1) is 13.0 Å². The Hall–Kier alpha value is -2.34. The molecule has 0 rings (SSSR count). The first kappa shape index (κ1) is 21.7. The van der Waals surface area contributed by atoms with E-state index in [2.05, 4.69) is 28.6 Å². The fraction of sp³-hybridized carbons (Fsp3) is 0.583. The Morgan fingerprint density at radius 3 is 2.00 bits per heavy atom. The highest BCUT2D eigenvalue weighted by Gasteiger charge is 2.27. The summed E-state index contributed by atoms with van der Waals surface area (Å²) >= 11 is 3.78. The van der Waals surface area contributed by atoms with Crippen LogP contribution in [-0.4, -0.2) is 70.3 Å². The molecule has 3 amide bonds. The second kappa shape index (κ2) is 10.4. The summed E-state index contributed by atoms with van der Waals surface area (Å²) in [6.45, 7) is 0.828. The summed E-state index contributed by atoms with van der Waals surface area (Å²) < 4.78 is 0. The van der Waals surface area contributed by atoms with Crippen LogP contribution in [-0.2, 0) is 24.0 Å². The number of carboxylic acids is 2. The molecule has 12 heteroatoms. The SMILES string of the molecule is CC(NC(=O)C(CC(=O)O)NC(=O)CN)C(=O)NC(CS)C(=O)O. The number of nitrogens with one attached hydrogen (secondary N) is 3. The zero-order valence-electron chi connectivity index (χ0n) is 12.8. The molecule has 7 N–H and O–H groups in total. The second-order valence-electron chi connectivity index (χ2n) is 4.73. The van der Waals surface area contributed by atoms with Gasteiger partial charge in [-0.05, 0) is 6.92 Å². The zero-order valence-corrected chi connectivity index (χ0v) is 13.7. The van der Waals surface area contributed by atoms with Crippen molar-refractivity contribution in [1.29, 1.82) is 0 Å². The quantitative estimate of drug-likeness (QED) is 0.198. The van der Waals surface area contributed by atoms with Crippen molar-refractivity contribution in [1.82, 2.24) is 16.0 Å². The maximum atomic E-state index is 12.0. The highest BCUT2D eigenvalue weighted by molar-refractivity contribution is 7.80. The van der Waals surface area contributed by atoms with Gasteiger partial charge < -0.3 is 31.9 Å². The molecule has 0 aromatic rings. The molecule has 0 radical (unpaired) electrons. The Morgan fingerprint density at radius 1 is 1.00 bits per heavy atom. The minimum Gasteiger partial charge on any atom is -0.481 e. The molecule has 3 atom stereocenters. The van der Waals surface area contributed by atoms with Crippen LogP contribution in [0.3, 0.4) is 0 Å². The third-order valence-corrected chi connectivity index (χ3v) is 3.13. The number of nitrogens with two attached hydrogens (primary N) is 1. The molecule has 11 nitrogen and oxygen atoms in total. The number of carbonyl (C=O) groups is 5. The Bertz CT molecular complexity index is 514. The van der Waals surface area contributed by atoms with Gasteiger partial charge >= 0.3 is 11.9 Å². The molecule has 0 saturated carbocycles. The van der Waals surface area contributed by atoms with E-state index in [4.69, 9.17) is 15.9 Å². The summed E-state index contributed by atoms with van der Waals surface area (Å²) in [4.78, 5) is 56.6. The van der Waals surface area contributed by atoms with Gasteiger partial charge in [-0.15, -0.1) is 0 Å². The number of rotatable bonds is 10. The molecule has 0 aromatic carbocycles. The van der Waals surface area contributed by atoms with Gasteiger partial charge in [0.2, 0.25) is 17.7 Å². The number of carboxylic acid groups (broad SMARTS) is 2. The first-order valence-electron chi connectivity index (χ1n) is 6.78. The molecule has 0 spiro atoms. The van der Waals surface area contributed by atoms with Crippen molar-refractivity contribution in [2.75, 3.05) is 12.3 Å². The van der Waals surface area contributed by atoms with E-state index in [1.165, 1.54) is 6.92 Å². The van der Waals surface area contributed by atoms with Crippen LogP contribution >= 0.6 is 12.6 Å². The van der Waals surface area contributed by atoms with Gasteiger partial charge in [0.25, 0.3) is 0 Å². The molecular formula is C12H20N4O7S. The van der Waals surface area contributed by atoms with Crippen LogP contribution in [0, 0.1) is 0 Å². The van der Waals surface area contributed by atoms with Crippen LogP contribution in [0.15, 0.2) is 0 Å². The van der Waals surface area contributed by atoms with Crippen LogP contribution < -0.4 is 21.7 Å². The minimum absolute atomic E-state index is 0.157. The standard InChI is InChI=1S/C12H20N4O7S/c1-5(10(20)16-7(4-24)12(22)23)14-11(21)6(2-9(18)19)15-8(17)3-13/h5-7,24H,2-4,13H2,1H3,(H,14,21)(H,15,17)(H,16,20)(H,18,19)(H,22,23). The van der Waals surface area contributed by atoms with Crippen molar-refractivity contribution < 1.29 is 34.2 Å². The number of aliphatic carboxylic acids is 2. The van der Waals surface area contributed by atoms with E-state index in [-0.39, 0.29) is 5.75 Å². The third-order valence-electron chi connectivity index (χ3n) is 2.77. The minimum atomic E-state index is -1.42. The van der Waals surface area contributed by atoms with Gasteiger partial charge in [0, 0.05) is 5.75 Å². The Labute approximate surface area is 142 Å². The average molecular weight is 364 g/mol. The topological polar surface area (TPSA) is 188 Å². The predicted molar refractivity (Wildman–Crippen MR) is 84.3 cm³/mol. The largest absolute Gasteiger partial charge is 0.481 e. The Kier molecular flexibility index (Phi) is 9.42. The number of amides is 3. The van der Waals surface area contributed by atoms with Crippen molar-refractivity contribution in [2.24, 2.45) is 5.73 Å². The Morgan fingerprint density at radius 2 is 1.58 bits per heavy atom. The van der Waals surface area contributed by atoms with Crippen molar-refractivity contribution in [3.63, 3.8) is 0 Å². The number of hydrogen-bond donors (Lipinski definition) is 7. The molecule has 0 aliphatic heterocycles. The molecule has 0 heterocycles. The summed E-state index contributed by atoms with van der Waals surface area (Å²) in [6.07, 6.45) is -0.708. The molecule has 0 bridgehead atoms. The van der Waals surface area contributed by atoms with Crippen LogP contribution in [0.4, 0.5) is 0 Å². The summed E-state index contributed by atoms with van der Waals surface area (Å²) in [5.74, 6) is -5.25. The van der Waals surface area contributed by atoms with Gasteiger partial charge in [0.15, 0.2) is 0 Å². The number of hydrogen-bond acceptors (Lipinski definition) is 7. The van der Waals surface area contributed by atoms with E-state index >= 15 is 0 Å². The lowest BCUT2D eigenvalue weighted by Crippen LogP contribution is -2.55.